The van der Waals surface area contributed by atoms with E-state index in [9.17, 15) is 14.0 Å². The number of nitrogens with zero attached hydrogens (tertiary/aromatic N) is 1. The molecule has 0 spiro atoms. The average molecular weight is 333 g/mol. The molecule has 0 radical (unpaired) electrons. The number of amides is 1. The minimum absolute atomic E-state index is 0.0406. The van der Waals surface area contributed by atoms with E-state index in [2.05, 4.69) is 15.0 Å². The monoisotopic (exact) mass is 332 g/mol. The normalized spacial score (nSPS) is 12.5. The van der Waals surface area contributed by atoms with Gasteiger partial charge in [0, 0.05) is 12.6 Å². The third kappa shape index (κ3) is 5.85. The SMILES string of the molecule is COC(=O)C(Cc1cnc(F)c(Cl)c1)NC(=O)OC(C)(C)C. The van der Waals surface area contributed by atoms with Crippen molar-refractivity contribution in [2.24, 2.45) is 0 Å². The number of hydrogen-bond donors (Lipinski definition) is 1. The van der Waals surface area contributed by atoms with Crippen LogP contribution >= 0.6 is 11.6 Å². The van der Waals surface area contributed by atoms with Gasteiger partial charge in [0.1, 0.15) is 11.6 Å². The number of halogens is 2. The number of carbonyl (C=O) groups excluding carboxylic acids is 2. The van der Waals surface area contributed by atoms with Gasteiger partial charge >= 0.3 is 12.1 Å². The van der Waals surface area contributed by atoms with Crippen LogP contribution in [0.2, 0.25) is 5.02 Å². The summed E-state index contributed by atoms with van der Waals surface area (Å²) in [4.78, 5) is 27.0. The lowest BCUT2D eigenvalue weighted by atomic mass is 10.1. The molecule has 122 valence electrons. The van der Waals surface area contributed by atoms with Gasteiger partial charge in [0.15, 0.2) is 0 Å². The molecule has 1 heterocycles. The van der Waals surface area contributed by atoms with Crippen molar-refractivity contribution in [1.29, 1.82) is 0 Å². The van der Waals surface area contributed by atoms with E-state index >= 15 is 0 Å². The van der Waals surface area contributed by atoms with Gasteiger partial charge in [0.25, 0.3) is 0 Å². The number of nitrogens with one attached hydrogen (secondary N) is 1. The lowest BCUT2D eigenvalue weighted by molar-refractivity contribution is -0.143. The molecule has 1 N–H and O–H groups in total. The quantitative estimate of drug-likeness (QED) is 0.677. The minimum Gasteiger partial charge on any atom is -0.467 e. The third-order valence-electron chi connectivity index (χ3n) is 2.47. The molecule has 8 heteroatoms. The molecule has 1 rings (SSSR count). The maximum absolute atomic E-state index is 13.0. The summed E-state index contributed by atoms with van der Waals surface area (Å²) in [6.45, 7) is 5.09. The second-order valence-electron chi connectivity index (χ2n) is 5.54. The third-order valence-corrected chi connectivity index (χ3v) is 2.73. The predicted octanol–water partition coefficient (Wildman–Crippen LogP) is 2.48. The predicted molar refractivity (Wildman–Crippen MR) is 78.1 cm³/mol. The number of alkyl carbamates (subject to hydrolysis) is 1. The zero-order valence-electron chi connectivity index (χ0n) is 12.8. The van der Waals surface area contributed by atoms with Gasteiger partial charge in [-0.15, -0.1) is 0 Å². The van der Waals surface area contributed by atoms with Crippen LogP contribution in [0.4, 0.5) is 9.18 Å². The van der Waals surface area contributed by atoms with Gasteiger partial charge in [-0.1, -0.05) is 11.6 Å². The fourth-order valence-corrected chi connectivity index (χ4v) is 1.78. The first-order chi connectivity index (χ1) is 10.1. The van der Waals surface area contributed by atoms with Crippen molar-refractivity contribution >= 4 is 23.7 Å². The molecule has 22 heavy (non-hydrogen) atoms. The molecule has 0 aliphatic rings. The van der Waals surface area contributed by atoms with Crippen LogP contribution < -0.4 is 5.32 Å². The molecule has 6 nitrogen and oxygen atoms in total. The van der Waals surface area contributed by atoms with Gasteiger partial charge < -0.3 is 14.8 Å². The molecule has 1 aromatic heterocycles. The molecule has 0 saturated heterocycles. The van der Waals surface area contributed by atoms with Crippen LogP contribution in [0.25, 0.3) is 0 Å². The van der Waals surface area contributed by atoms with Gasteiger partial charge in [0.2, 0.25) is 5.95 Å². The summed E-state index contributed by atoms with van der Waals surface area (Å²) in [5.41, 5.74) is -0.233. The van der Waals surface area contributed by atoms with Crippen molar-refractivity contribution in [3.8, 4) is 0 Å². The second kappa shape index (κ2) is 7.40. The summed E-state index contributed by atoms with van der Waals surface area (Å²) in [5.74, 6) is -1.47. The second-order valence-corrected chi connectivity index (χ2v) is 5.95. The Balaban J connectivity index is 2.82. The van der Waals surface area contributed by atoms with Crippen molar-refractivity contribution in [3.63, 3.8) is 0 Å². The first-order valence-electron chi connectivity index (χ1n) is 6.49. The number of aromatic nitrogens is 1. The van der Waals surface area contributed by atoms with E-state index in [4.69, 9.17) is 16.3 Å². The molecule has 0 aliphatic carbocycles. The largest absolute Gasteiger partial charge is 0.467 e. The number of methoxy groups -OCH3 is 1. The van der Waals surface area contributed by atoms with Crippen molar-refractivity contribution < 1.29 is 23.5 Å². The topological polar surface area (TPSA) is 77.5 Å². The van der Waals surface area contributed by atoms with E-state index in [0.29, 0.717) is 5.56 Å². The Bertz CT molecular complexity index is 560. The van der Waals surface area contributed by atoms with Crippen LogP contribution in [0.5, 0.6) is 0 Å². The number of esters is 1. The fourth-order valence-electron chi connectivity index (χ4n) is 1.59. The van der Waals surface area contributed by atoms with Crippen molar-refractivity contribution in [2.45, 2.75) is 38.8 Å². The maximum atomic E-state index is 13.0. The molecule has 1 atom stereocenters. The Hall–Kier alpha value is -1.89. The van der Waals surface area contributed by atoms with Crippen molar-refractivity contribution in [1.82, 2.24) is 10.3 Å². The van der Waals surface area contributed by atoms with Gasteiger partial charge in [-0.05, 0) is 32.4 Å². The smallest absolute Gasteiger partial charge is 0.408 e. The molecule has 1 aromatic rings. The zero-order chi connectivity index (χ0) is 16.9. The van der Waals surface area contributed by atoms with Gasteiger partial charge in [-0.2, -0.15) is 4.39 Å². The number of pyridine rings is 1. The van der Waals surface area contributed by atoms with Crippen LogP contribution in [0.15, 0.2) is 12.3 Å². The Labute approximate surface area is 133 Å². The molecule has 1 amide bonds. The maximum Gasteiger partial charge on any atom is 0.408 e. The van der Waals surface area contributed by atoms with E-state index in [1.54, 1.807) is 20.8 Å². The lowest BCUT2D eigenvalue weighted by Gasteiger charge is -2.22. The van der Waals surface area contributed by atoms with E-state index < -0.39 is 29.7 Å². The van der Waals surface area contributed by atoms with E-state index in [-0.39, 0.29) is 11.4 Å². The van der Waals surface area contributed by atoms with E-state index in [1.807, 2.05) is 0 Å². The Morgan fingerprint density at radius 3 is 2.59 bits per heavy atom. The summed E-state index contributed by atoms with van der Waals surface area (Å²) >= 11 is 5.64. The minimum atomic E-state index is -0.997. The van der Waals surface area contributed by atoms with Crippen LogP contribution in [-0.2, 0) is 20.7 Å². The van der Waals surface area contributed by atoms with Crippen molar-refractivity contribution in [3.05, 3.63) is 28.8 Å². The number of ether oxygens (including phenoxy) is 2. The molecular weight excluding hydrogens is 315 g/mol. The molecule has 0 aliphatic heterocycles. The van der Waals surface area contributed by atoms with E-state index in [1.165, 1.54) is 19.4 Å². The highest BCUT2D eigenvalue weighted by Crippen LogP contribution is 2.15. The molecule has 0 fully saturated rings. The lowest BCUT2D eigenvalue weighted by Crippen LogP contribution is -2.45. The van der Waals surface area contributed by atoms with Gasteiger partial charge in [-0.25, -0.2) is 14.6 Å². The fraction of sp³-hybridized carbons (Fsp3) is 0.500. The summed E-state index contributed by atoms with van der Waals surface area (Å²) in [7, 11) is 1.20. The van der Waals surface area contributed by atoms with Crippen LogP contribution in [-0.4, -0.2) is 35.8 Å². The molecule has 0 saturated carbocycles. The standard InChI is InChI=1S/C14H18ClFN2O4/c1-14(2,3)22-13(20)18-10(12(19)21-4)6-8-5-9(15)11(16)17-7-8/h5,7,10H,6H2,1-4H3,(H,18,20). The highest BCUT2D eigenvalue weighted by molar-refractivity contribution is 6.30. The first kappa shape index (κ1) is 18.2. The summed E-state index contributed by atoms with van der Waals surface area (Å²) in [6, 6.07) is 0.333. The summed E-state index contributed by atoms with van der Waals surface area (Å²) < 4.78 is 22.7. The Kier molecular flexibility index (Phi) is 6.11. The van der Waals surface area contributed by atoms with Crippen LogP contribution in [0.1, 0.15) is 26.3 Å². The Morgan fingerprint density at radius 2 is 2.09 bits per heavy atom. The number of carbonyl (C=O) groups is 2. The van der Waals surface area contributed by atoms with Crippen molar-refractivity contribution in [2.75, 3.05) is 7.11 Å². The Morgan fingerprint density at radius 1 is 1.45 bits per heavy atom. The van der Waals surface area contributed by atoms with Crippen LogP contribution in [0, 0.1) is 5.95 Å². The highest BCUT2D eigenvalue weighted by atomic mass is 35.5. The summed E-state index contributed by atoms with van der Waals surface area (Å²) in [5, 5.41) is 2.24. The molecular formula is C14H18ClFN2O4. The molecule has 0 bridgehead atoms. The van der Waals surface area contributed by atoms with Crippen LogP contribution in [0.3, 0.4) is 0 Å². The average Bonchev–Trinajstić information content (AvgIpc) is 2.39. The van der Waals surface area contributed by atoms with Gasteiger partial charge in [-0.3, -0.25) is 0 Å². The number of hydrogen-bond acceptors (Lipinski definition) is 5. The van der Waals surface area contributed by atoms with E-state index in [0.717, 1.165) is 0 Å². The highest BCUT2D eigenvalue weighted by Gasteiger charge is 2.25. The molecule has 0 aromatic carbocycles. The van der Waals surface area contributed by atoms with Gasteiger partial charge in [0.05, 0.1) is 12.1 Å². The summed E-state index contributed by atoms with van der Waals surface area (Å²) in [6.07, 6.45) is 0.511. The first-order valence-corrected chi connectivity index (χ1v) is 6.87. The zero-order valence-corrected chi connectivity index (χ0v) is 13.5. The number of rotatable bonds is 4. The molecule has 1 unspecified atom stereocenters.